The second kappa shape index (κ2) is 3.72. The van der Waals surface area contributed by atoms with Crippen molar-refractivity contribution in [2.24, 2.45) is 0 Å². The number of hydrogen-bond donors (Lipinski definition) is 0. The molecule has 3 heteroatoms. The lowest BCUT2D eigenvalue weighted by molar-refractivity contribution is 0.385. The molecule has 0 aliphatic carbocycles. The molecule has 0 radical (unpaired) electrons. The zero-order valence-corrected chi connectivity index (χ0v) is 8.19. The topological polar surface area (TPSA) is 9.23 Å². The van der Waals surface area contributed by atoms with Gasteiger partial charge in [0.2, 0.25) is 0 Å². The summed E-state index contributed by atoms with van der Waals surface area (Å²) in [7, 11) is 1.43. The quantitative estimate of drug-likeness (QED) is 0.759. The van der Waals surface area contributed by atoms with Crippen LogP contribution in [0.2, 0.25) is 0 Å². The van der Waals surface area contributed by atoms with Gasteiger partial charge in [0.1, 0.15) is 0 Å². The first kappa shape index (κ1) is 9.26. The molecule has 1 rings (SSSR count). The smallest absolute Gasteiger partial charge is 0.166 e. The molecular weight excluding hydrogens is 223 g/mol. The standard InChI is InChI=1S/C9H8BrFO/c1-3-6-4-7(10)5-8(11)9(6)12-2/h3-5H,1H2,2H3. The third-order valence-corrected chi connectivity index (χ3v) is 1.92. The SMILES string of the molecule is C=Cc1cc(Br)cc(F)c1OC. The Morgan fingerprint density at radius 1 is 1.58 bits per heavy atom. The van der Waals surface area contributed by atoms with Crippen LogP contribution in [-0.4, -0.2) is 7.11 Å². The predicted octanol–water partition coefficient (Wildman–Crippen LogP) is 3.24. The number of hydrogen-bond acceptors (Lipinski definition) is 1. The first-order valence-electron chi connectivity index (χ1n) is 3.34. The highest BCUT2D eigenvalue weighted by Crippen LogP contribution is 2.27. The molecule has 12 heavy (non-hydrogen) atoms. The largest absolute Gasteiger partial charge is 0.493 e. The van der Waals surface area contributed by atoms with Gasteiger partial charge in [-0.05, 0) is 12.1 Å². The van der Waals surface area contributed by atoms with Gasteiger partial charge in [-0.25, -0.2) is 4.39 Å². The fourth-order valence-corrected chi connectivity index (χ4v) is 1.39. The summed E-state index contributed by atoms with van der Waals surface area (Å²) in [6.45, 7) is 3.55. The molecule has 0 saturated carbocycles. The first-order chi connectivity index (χ1) is 5.69. The molecule has 0 aliphatic rings. The lowest BCUT2D eigenvalue weighted by Gasteiger charge is -2.05. The Morgan fingerprint density at radius 3 is 2.75 bits per heavy atom. The van der Waals surface area contributed by atoms with Gasteiger partial charge in [0.15, 0.2) is 11.6 Å². The van der Waals surface area contributed by atoms with Gasteiger partial charge in [-0.3, -0.25) is 0 Å². The second-order valence-electron chi connectivity index (χ2n) is 2.21. The highest BCUT2D eigenvalue weighted by Gasteiger charge is 2.07. The van der Waals surface area contributed by atoms with Crippen molar-refractivity contribution in [1.82, 2.24) is 0 Å². The molecule has 64 valence electrons. The van der Waals surface area contributed by atoms with Crippen molar-refractivity contribution in [2.75, 3.05) is 7.11 Å². The van der Waals surface area contributed by atoms with E-state index in [4.69, 9.17) is 4.74 Å². The van der Waals surface area contributed by atoms with Crippen molar-refractivity contribution in [3.63, 3.8) is 0 Å². The maximum Gasteiger partial charge on any atom is 0.166 e. The first-order valence-corrected chi connectivity index (χ1v) is 4.13. The van der Waals surface area contributed by atoms with Gasteiger partial charge in [0.25, 0.3) is 0 Å². The molecule has 1 aromatic rings. The number of rotatable bonds is 2. The molecule has 0 spiro atoms. The van der Waals surface area contributed by atoms with Gasteiger partial charge in [-0.2, -0.15) is 0 Å². The Kier molecular flexibility index (Phi) is 2.87. The molecule has 1 aromatic carbocycles. The van der Waals surface area contributed by atoms with Crippen molar-refractivity contribution in [3.05, 3.63) is 34.6 Å². The van der Waals surface area contributed by atoms with Crippen molar-refractivity contribution < 1.29 is 9.13 Å². The van der Waals surface area contributed by atoms with Crippen LogP contribution in [0.15, 0.2) is 23.2 Å². The van der Waals surface area contributed by atoms with E-state index in [0.29, 0.717) is 10.0 Å². The van der Waals surface area contributed by atoms with Crippen molar-refractivity contribution in [3.8, 4) is 5.75 Å². The molecule has 0 atom stereocenters. The molecule has 0 fully saturated rings. The summed E-state index contributed by atoms with van der Waals surface area (Å²) >= 11 is 3.17. The fraction of sp³-hybridized carbons (Fsp3) is 0.111. The van der Waals surface area contributed by atoms with Crippen LogP contribution in [0.1, 0.15) is 5.56 Å². The molecule has 0 amide bonds. The van der Waals surface area contributed by atoms with Gasteiger partial charge in [0.05, 0.1) is 7.11 Å². The number of benzene rings is 1. The van der Waals surface area contributed by atoms with Crippen LogP contribution in [0.25, 0.3) is 6.08 Å². The maximum atomic E-state index is 13.1. The molecule has 0 aliphatic heterocycles. The van der Waals surface area contributed by atoms with E-state index < -0.39 is 0 Å². The van der Waals surface area contributed by atoms with Crippen LogP contribution < -0.4 is 4.74 Å². The van der Waals surface area contributed by atoms with E-state index in [2.05, 4.69) is 22.5 Å². The van der Waals surface area contributed by atoms with Gasteiger partial charge >= 0.3 is 0 Å². The summed E-state index contributed by atoms with van der Waals surface area (Å²) in [5.41, 5.74) is 0.643. The van der Waals surface area contributed by atoms with Crippen molar-refractivity contribution in [2.45, 2.75) is 0 Å². The normalized spacial score (nSPS) is 9.58. The van der Waals surface area contributed by atoms with E-state index in [1.807, 2.05) is 0 Å². The van der Waals surface area contributed by atoms with E-state index in [-0.39, 0.29) is 11.6 Å². The Hall–Kier alpha value is -0.830. The number of ether oxygens (including phenoxy) is 1. The van der Waals surface area contributed by atoms with E-state index in [1.54, 1.807) is 12.1 Å². The van der Waals surface area contributed by atoms with E-state index in [9.17, 15) is 4.39 Å². The average Bonchev–Trinajstić information content (AvgIpc) is 2.03. The Balaban J connectivity index is 3.33. The molecular formula is C9H8BrFO. The Labute approximate surface area is 79.0 Å². The van der Waals surface area contributed by atoms with Gasteiger partial charge in [-0.1, -0.05) is 28.6 Å². The highest BCUT2D eigenvalue weighted by atomic mass is 79.9. The van der Waals surface area contributed by atoms with Crippen LogP contribution in [0.5, 0.6) is 5.75 Å². The summed E-state index contributed by atoms with van der Waals surface area (Å²) in [6.07, 6.45) is 1.55. The molecule has 0 saturated heterocycles. The Bertz CT molecular complexity index is 310. The number of halogens is 2. The van der Waals surface area contributed by atoms with Crippen LogP contribution in [-0.2, 0) is 0 Å². The fourth-order valence-electron chi connectivity index (χ4n) is 0.947. The van der Waals surface area contributed by atoms with Gasteiger partial charge in [0, 0.05) is 10.0 Å². The van der Waals surface area contributed by atoms with Gasteiger partial charge in [-0.15, -0.1) is 0 Å². The maximum absolute atomic E-state index is 13.1. The number of methoxy groups -OCH3 is 1. The minimum atomic E-state index is -0.387. The van der Waals surface area contributed by atoms with E-state index >= 15 is 0 Å². The van der Waals surface area contributed by atoms with E-state index in [1.165, 1.54) is 13.2 Å². The highest BCUT2D eigenvalue weighted by molar-refractivity contribution is 9.10. The summed E-state index contributed by atoms with van der Waals surface area (Å²) in [5.74, 6) is -0.157. The molecule has 1 nitrogen and oxygen atoms in total. The van der Waals surface area contributed by atoms with Gasteiger partial charge < -0.3 is 4.74 Å². The summed E-state index contributed by atoms with van der Waals surface area (Å²) in [6, 6.07) is 3.10. The van der Waals surface area contributed by atoms with Crippen LogP contribution in [0.4, 0.5) is 4.39 Å². The third kappa shape index (κ3) is 1.67. The third-order valence-electron chi connectivity index (χ3n) is 1.46. The minimum absolute atomic E-state index is 0.230. The molecule has 0 N–H and O–H groups in total. The zero-order valence-electron chi connectivity index (χ0n) is 6.60. The Morgan fingerprint density at radius 2 is 2.25 bits per heavy atom. The van der Waals surface area contributed by atoms with Crippen molar-refractivity contribution in [1.29, 1.82) is 0 Å². The van der Waals surface area contributed by atoms with Crippen LogP contribution >= 0.6 is 15.9 Å². The molecule has 0 heterocycles. The average molecular weight is 231 g/mol. The van der Waals surface area contributed by atoms with Crippen LogP contribution in [0, 0.1) is 5.82 Å². The zero-order chi connectivity index (χ0) is 9.14. The van der Waals surface area contributed by atoms with Crippen molar-refractivity contribution >= 4 is 22.0 Å². The molecule has 0 aromatic heterocycles. The molecule has 0 unspecified atom stereocenters. The summed E-state index contributed by atoms with van der Waals surface area (Å²) in [4.78, 5) is 0. The summed E-state index contributed by atoms with van der Waals surface area (Å²) in [5, 5.41) is 0. The predicted molar refractivity (Wildman–Crippen MR) is 50.7 cm³/mol. The lowest BCUT2D eigenvalue weighted by atomic mass is 10.2. The minimum Gasteiger partial charge on any atom is -0.493 e. The monoisotopic (exact) mass is 230 g/mol. The summed E-state index contributed by atoms with van der Waals surface area (Å²) < 4.78 is 18.6. The molecule has 0 bridgehead atoms. The second-order valence-corrected chi connectivity index (χ2v) is 3.13. The lowest BCUT2D eigenvalue weighted by Crippen LogP contribution is -1.91. The van der Waals surface area contributed by atoms with Crippen LogP contribution in [0.3, 0.4) is 0 Å². The van der Waals surface area contributed by atoms with E-state index in [0.717, 1.165) is 0 Å².